The average molecular weight is 449 g/mol. The van der Waals surface area contributed by atoms with E-state index in [1.807, 2.05) is 25.1 Å². The van der Waals surface area contributed by atoms with Crippen LogP contribution in [0.4, 0.5) is 0 Å². The van der Waals surface area contributed by atoms with Gasteiger partial charge in [0.2, 0.25) is 5.91 Å². The fraction of sp³-hybridized carbons (Fsp3) is 0.500. The van der Waals surface area contributed by atoms with Gasteiger partial charge in [-0.3, -0.25) is 14.4 Å². The molecule has 1 aliphatic heterocycles. The van der Waals surface area contributed by atoms with E-state index in [0.29, 0.717) is 30.5 Å². The monoisotopic (exact) mass is 448 g/mol. The van der Waals surface area contributed by atoms with Crippen LogP contribution in [-0.2, 0) is 19.4 Å². The first-order valence-corrected chi connectivity index (χ1v) is 12.3. The van der Waals surface area contributed by atoms with E-state index in [0.717, 1.165) is 17.2 Å². The molecule has 3 rings (SSSR count). The van der Waals surface area contributed by atoms with E-state index in [2.05, 4.69) is 5.32 Å². The van der Waals surface area contributed by atoms with Crippen LogP contribution >= 0.6 is 0 Å². The molecule has 1 saturated heterocycles. The Morgan fingerprint density at radius 3 is 2.65 bits per heavy atom. The van der Waals surface area contributed by atoms with Gasteiger partial charge in [-0.05, 0) is 45.7 Å². The number of piperidine rings is 1. The molecule has 1 aromatic carbocycles. The number of aryl methyl sites for hydroxylation is 2. The van der Waals surface area contributed by atoms with E-state index in [1.54, 1.807) is 13.8 Å². The molecular formula is C22H28N2O6S. The maximum Gasteiger partial charge on any atom is 0.287 e. The predicted octanol–water partition coefficient (Wildman–Crippen LogP) is 2.02. The number of amides is 2. The number of likely N-dealkylation sites (tertiary alicyclic amines) is 1. The van der Waals surface area contributed by atoms with E-state index < -0.39 is 33.5 Å². The minimum absolute atomic E-state index is 0.163. The normalized spacial score (nSPS) is 18.1. The first kappa shape index (κ1) is 23.0. The highest BCUT2D eigenvalue weighted by Gasteiger charge is 2.32. The maximum atomic E-state index is 12.9. The van der Waals surface area contributed by atoms with Gasteiger partial charge in [-0.2, -0.15) is 0 Å². The lowest BCUT2D eigenvalue weighted by Gasteiger charge is -2.33. The van der Waals surface area contributed by atoms with Crippen LogP contribution < -0.4 is 5.32 Å². The number of sulfone groups is 1. The Morgan fingerprint density at radius 1 is 1.26 bits per heavy atom. The number of Topliss-reactive ketones (excluding diaryl/α,β-unsaturated/α-hetero) is 1. The molecule has 1 aliphatic rings. The number of carbonyl (C=O) groups is 3. The van der Waals surface area contributed by atoms with Crippen LogP contribution in [0.1, 0.15) is 41.4 Å². The van der Waals surface area contributed by atoms with Crippen molar-refractivity contribution in [2.45, 2.75) is 39.7 Å². The number of hydrogen-bond donors (Lipinski definition) is 1. The van der Waals surface area contributed by atoms with Crippen LogP contribution in [0.5, 0.6) is 0 Å². The molecule has 8 nitrogen and oxygen atoms in total. The van der Waals surface area contributed by atoms with E-state index >= 15 is 0 Å². The summed E-state index contributed by atoms with van der Waals surface area (Å²) in [5.74, 6) is -2.01. The smallest absolute Gasteiger partial charge is 0.287 e. The molecule has 2 aromatic rings. The maximum absolute atomic E-state index is 12.9. The van der Waals surface area contributed by atoms with E-state index in [1.165, 1.54) is 4.90 Å². The molecule has 168 valence electrons. The third-order valence-corrected chi connectivity index (χ3v) is 6.42. The molecule has 31 heavy (non-hydrogen) atoms. The Kier molecular flexibility index (Phi) is 6.54. The quantitative estimate of drug-likeness (QED) is 0.723. The minimum atomic E-state index is -3.41. The largest absolute Gasteiger partial charge is 0.451 e. The predicted molar refractivity (Wildman–Crippen MR) is 117 cm³/mol. The summed E-state index contributed by atoms with van der Waals surface area (Å²) in [5.41, 5.74) is 2.37. The van der Waals surface area contributed by atoms with Gasteiger partial charge in [0, 0.05) is 36.2 Å². The van der Waals surface area contributed by atoms with Gasteiger partial charge in [-0.25, -0.2) is 8.42 Å². The van der Waals surface area contributed by atoms with Crippen LogP contribution in [0, 0.1) is 19.8 Å². The molecule has 2 atom stereocenters. The Balaban J connectivity index is 1.67. The number of ketones is 1. The highest BCUT2D eigenvalue weighted by molar-refractivity contribution is 7.91. The van der Waals surface area contributed by atoms with Crippen molar-refractivity contribution in [3.8, 4) is 0 Å². The summed E-state index contributed by atoms with van der Waals surface area (Å²) in [6.45, 7) is 5.97. The van der Waals surface area contributed by atoms with Gasteiger partial charge in [-0.1, -0.05) is 11.6 Å². The molecule has 9 heteroatoms. The molecule has 1 N–H and O–H groups in total. The first-order valence-electron chi connectivity index (χ1n) is 10.3. The summed E-state index contributed by atoms with van der Waals surface area (Å²) in [6, 6.07) is 4.84. The van der Waals surface area contributed by atoms with Crippen molar-refractivity contribution in [3.63, 3.8) is 0 Å². The third kappa shape index (κ3) is 5.33. The van der Waals surface area contributed by atoms with Crippen molar-refractivity contribution in [2.24, 2.45) is 5.92 Å². The number of benzene rings is 1. The fourth-order valence-electron chi connectivity index (χ4n) is 3.97. The zero-order valence-electron chi connectivity index (χ0n) is 18.2. The molecule has 1 aromatic heterocycles. The molecule has 0 unspecified atom stereocenters. The van der Waals surface area contributed by atoms with Gasteiger partial charge in [0.05, 0.1) is 0 Å². The van der Waals surface area contributed by atoms with Gasteiger partial charge in [-0.15, -0.1) is 0 Å². The van der Waals surface area contributed by atoms with Crippen molar-refractivity contribution in [2.75, 3.05) is 25.1 Å². The summed E-state index contributed by atoms with van der Waals surface area (Å²) in [6.07, 6.45) is 2.18. The Labute approximate surface area is 181 Å². The topological polar surface area (TPSA) is 114 Å². The molecule has 0 bridgehead atoms. The average Bonchev–Trinajstić information content (AvgIpc) is 3.02. The molecular weight excluding hydrogens is 420 g/mol. The Hall–Kier alpha value is -2.68. The number of nitrogens with one attached hydrogen (secondary N) is 1. The lowest BCUT2D eigenvalue weighted by atomic mass is 9.94. The van der Waals surface area contributed by atoms with Gasteiger partial charge in [0.1, 0.15) is 17.4 Å². The lowest BCUT2D eigenvalue weighted by Crippen LogP contribution is -2.51. The zero-order chi connectivity index (χ0) is 22.9. The fourth-order valence-corrected chi connectivity index (χ4v) is 4.72. The van der Waals surface area contributed by atoms with E-state index in [-0.39, 0.29) is 24.0 Å². The summed E-state index contributed by atoms with van der Waals surface area (Å²) >= 11 is 0. The SMILES string of the molecule is Cc1ccc2oc(C(=O)N[C@H](C)C(=O)N3CCC[C@H](C(=O)CS(C)(=O)=O)C3)c(C)c2c1. The summed E-state index contributed by atoms with van der Waals surface area (Å²) in [5, 5.41) is 3.54. The van der Waals surface area contributed by atoms with Gasteiger partial charge >= 0.3 is 0 Å². The second-order valence-corrected chi connectivity index (χ2v) is 10.6. The van der Waals surface area contributed by atoms with Crippen molar-refractivity contribution >= 4 is 38.4 Å². The van der Waals surface area contributed by atoms with E-state index in [4.69, 9.17) is 4.42 Å². The van der Waals surface area contributed by atoms with Crippen molar-refractivity contribution in [1.29, 1.82) is 0 Å². The third-order valence-electron chi connectivity index (χ3n) is 5.61. The van der Waals surface area contributed by atoms with Crippen molar-refractivity contribution in [1.82, 2.24) is 10.2 Å². The first-order chi connectivity index (χ1) is 14.5. The molecule has 0 radical (unpaired) electrons. The molecule has 0 aliphatic carbocycles. The number of furan rings is 1. The molecule has 0 saturated carbocycles. The lowest BCUT2D eigenvalue weighted by molar-refractivity contribution is -0.136. The number of nitrogens with zero attached hydrogens (tertiary/aromatic N) is 1. The summed E-state index contributed by atoms with van der Waals surface area (Å²) in [7, 11) is -3.41. The summed E-state index contributed by atoms with van der Waals surface area (Å²) < 4.78 is 28.5. The van der Waals surface area contributed by atoms with Crippen LogP contribution in [0.3, 0.4) is 0 Å². The molecule has 1 fully saturated rings. The molecule has 2 heterocycles. The second kappa shape index (κ2) is 8.82. The zero-order valence-corrected chi connectivity index (χ0v) is 19.0. The number of carbonyl (C=O) groups excluding carboxylic acids is 3. The number of fused-ring (bicyclic) bond motifs is 1. The Bertz CT molecular complexity index is 1130. The van der Waals surface area contributed by atoms with Crippen LogP contribution in [0.2, 0.25) is 0 Å². The highest BCUT2D eigenvalue weighted by atomic mass is 32.2. The van der Waals surface area contributed by atoms with Gasteiger partial charge < -0.3 is 14.6 Å². The summed E-state index contributed by atoms with van der Waals surface area (Å²) in [4.78, 5) is 39.4. The van der Waals surface area contributed by atoms with Crippen LogP contribution in [0.25, 0.3) is 11.0 Å². The number of rotatable bonds is 6. The van der Waals surface area contributed by atoms with Crippen molar-refractivity contribution in [3.05, 3.63) is 35.1 Å². The van der Waals surface area contributed by atoms with Gasteiger partial charge in [0.25, 0.3) is 5.91 Å². The Morgan fingerprint density at radius 2 is 1.97 bits per heavy atom. The van der Waals surface area contributed by atoms with Gasteiger partial charge in [0.15, 0.2) is 21.4 Å². The minimum Gasteiger partial charge on any atom is -0.451 e. The van der Waals surface area contributed by atoms with Crippen LogP contribution in [-0.4, -0.2) is 62.1 Å². The molecule has 0 spiro atoms. The standard InChI is InChI=1S/C22H28N2O6S/c1-13-7-8-19-17(10-13)14(2)20(30-19)21(26)23-15(3)22(27)24-9-5-6-16(11-24)18(25)12-31(4,28)29/h7-8,10,15-16H,5-6,9,11-12H2,1-4H3,(H,23,26)/t15-,16+/m1/s1. The van der Waals surface area contributed by atoms with E-state index in [9.17, 15) is 22.8 Å². The molecule has 2 amide bonds. The number of hydrogen-bond acceptors (Lipinski definition) is 6. The van der Waals surface area contributed by atoms with Crippen molar-refractivity contribution < 1.29 is 27.2 Å². The second-order valence-electron chi connectivity index (χ2n) is 8.41. The highest BCUT2D eigenvalue weighted by Crippen LogP contribution is 2.26. The van der Waals surface area contributed by atoms with Crippen LogP contribution in [0.15, 0.2) is 22.6 Å².